The maximum absolute atomic E-state index is 12.7. The van der Waals surface area contributed by atoms with Gasteiger partial charge in [-0.3, -0.25) is 4.79 Å². The number of fused-ring (bicyclic) bond motifs is 2. The molecule has 0 spiro atoms. The second-order valence-corrected chi connectivity index (χ2v) is 10.0. The maximum Gasteiger partial charge on any atom is 0.167 e. The molecule has 0 fully saturated rings. The minimum atomic E-state index is -0.701. The van der Waals surface area contributed by atoms with Crippen molar-refractivity contribution < 1.29 is 34.0 Å². The second kappa shape index (κ2) is 8.26. The van der Waals surface area contributed by atoms with Gasteiger partial charge in [-0.15, -0.1) is 0 Å². The maximum atomic E-state index is 12.7. The van der Waals surface area contributed by atoms with Crippen molar-refractivity contribution in [3.8, 4) is 34.5 Å². The second-order valence-electron chi connectivity index (χ2n) is 10.0. The highest BCUT2D eigenvalue weighted by atomic mass is 16.5. The number of aromatic hydroxyl groups is 2. The Morgan fingerprint density at radius 1 is 0.857 bits per heavy atom. The third-order valence-electron chi connectivity index (χ3n) is 6.45. The molecular weight excluding hydrogens is 448 g/mol. The third-order valence-corrected chi connectivity index (χ3v) is 6.45. The Kier molecular flexibility index (Phi) is 5.78. The Balaban J connectivity index is 2.03. The predicted octanol–water partition coefficient (Wildman–Crippen LogP) is 5.84. The van der Waals surface area contributed by atoms with Gasteiger partial charge in [0.25, 0.3) is 0 Å². The van der Waals surface area contributed by atoms with E-state index in [4.69, 9.17) is 18.9 Å². The first-order valence-electron chi connectivity index (χ1n) is 11.5. The highest BCUT2D eigenvalue weighted by Crippen LogP contribution is 2.55. The topological polar surface area (TPSA) is 94.5 Å². The Bertz CT molecular complexity index is 1280. The molecule has 0 aliphatic carbocycles. The van der Waals surface area contributed by atoms with Crippen LogP contribution in [0.2, 0.25) is 0 Å². The molecule has 2 aliphatic rings. The zero-order valence-electron chi connectivity index (χ0n) is 21.4. The van der Waals surface area contributed by atoms with Crippen molar-refractivity contribution in [1.29, 1.82) is 0 Å². The predicted molar refractivity (Wildman–Crippen MR) is 134 cm³/mol. The highest BCUT2D eigenvalue weighted by Gasteiger charge is 2.37. The lowest BCUT2D eigenvalue weighted by atomic mass is 9.83. The molecule has 186 valence electrons. The van der Waals surface area contributed by atoms with Gasteiger partial charge >= 0.3 is 0 Å². The van der Waals surface area contributed by atoms with E-state index in [-0.39, 0.29) is 34.2 Å². The highest BCUT2D eigenvalue weighted by molar-refractivity contribution is 6.02. The molecule has 0 saturated heterocycles. The summed E-state index contributed by atoms with van der Waals surface area (Å²) in [7, 11) is 3.10. The molecule has 0 amide bonds. The van der Waals surface area contributed by atoms with E-state index in [1.54, 1.807) is 25.3 Å². The van der Waals surface area contributed by atoms with Crippen molar-refractivity contribution >= 4 is 17.9 Å². The van der Waals surface area contributed by atoms with Gasteiger partial charge in [-0.2, -0.15) is 0 Å². The standard InChI is InChI=1S/C28H32O7/c1-14(20-19(33-8)13-18(32-7)16-9-11-27(3,4)34-25(16)20)21-23(30)17-10-12-28(5,6)35-26(17)22(15(2)29)24(21)31/h9-14,30-31H,1-8H3/t14-/m0/s1. The summed E-state index contributed by atoms with van der Waals surface area (Å²) in [6, 6.07) is 1.75. The van der Waals surface area contributed by atoms with Gasteiger partial charge < -0.3 is 29.2 Å². The number of carbonyl (C=O) groups is 1. The van der Waals surface area contributed by atoms with Crippen molar-refractivity contribution in [3.63, 3.8) is 0 Å². The summed E-state index contributed by atoms with van der Waals surface area (Å²) < 4.78 is 23.6. The summed E-state index contributed by atoms with van der Waals surface area (Å²) in [6.07, 6.45) is 7.39. The van der Waals surface area contributed by atoms with E-state index in [9.17, 15) is 15.0 Å². The molecule has 2 heterocycles. The minimum absolute atomic E-state index is 0.0274. The van der Waals surface area contributed by atoms with Gasteiger partial charge in [0.1, 0.15) is 51.3 Å². The molecule has 2 aliphatic heterocycles. The van der Waals surface area contributed by atoms with Gasteiger partial charge in [0.15, 0.2) is 5.78 Å². The Hall–Kier alpha value is -3.61. The molecule has 0 aromatic heterocycles. The summed E-state index contributed by atoms with van der Waals surface area (Å²) in [5.41, 5.74) is 0.586. The van der Waals surface area contributed by atoms with Crippen LogP contribution in [0.4, 0.5) is 0 Å². The van der Waals surface area contributed by atoms with Crippen LogP contribution in [0, 0.1) is 0 Å². The fraction of sp³-hybridized carbons (Fsp3) is 0.393. The van der Waals surface area contributed by atoms with E-state index >= 15 is 0 Å². The number of methoxy groups -OCH3 is 2. The molecule has 0 unspecified atom stereocenters. The van der Waals surface area contributed by atoms with E-state index in [0.29, 0.717) is 28.4 Å². The van der Waals surface area contributed by atoms with E-state index in [1.165, 1.54) is 14.0 Å². The molecule has 0 radical (unpaired) electrons. The molecule has 0 saturated carbocycles. The molecular formula is C28H32O7. The number of phenols is 2. The van der Waals surface area contributed by atoms with Gasteiger partial charge in [-0.1, -0.05) is 6.92 Å². The molecule has 2 aromatic rings. The van der Waals surface area contributed by atoms with Gasteiger partial charge in [0.2, 0.25) is 0 Å². The number of ketones is 1. The fourth-order valence-corrected chi connectivity index (χ4v) is 4.70. The smallest absolute Gasteiger partial charge is 0.167 e. The molecule has 7 nitrogen and oxygen atoms in total. The average Bonchev–Trinajstić information content (AvgIpc) is 2.75. The average molecular weight is 481 g/mol. The molecule has 1 atom stereocenters. The Morgan fingerprint density at radius 3 is 1.94 bits per heavy atom. The summed E-state index contributed by atoms with van der Waals surface area (Å²) >= 11 is 0. The van der Waals surface area contributed by atoms with Crippen LogP contribution in [0.3, 0.4) is 0 Å². The minimum Gasteiger partial charge on any atom is -0.507 e. The first-order chi connectivity index (χ1) is 16.3. The lowest BCUT2D eigenvalue weighted by Crippen LogP contribution is -2.29. The van der Waals surface area contributed by atoms with Crippen molar-refractivity contribution in [2.24, 2.45) is 0 Å². The van der Waals surface area contributed by atoms with Crippen LogP contribution in [0.1, 0.15) is 80.1 Å². The Morgan fingerprint density at radius 2 is 1.40 bits per heavy atom. The molecule has 4 rings (SSSR count). The van der Waals surface area contributed by atoms with Gasteiger partial charge in [0, 0.05) is 23.1 Å². The summed E-state index contributed by atoms with van der Waals surface area (Å²) in [4.78, 5) is 12.7. The summed E-state index contributed by atoms with van der Waals surface area (Å²) in [5.74, 6) is 0.231. The number of carbonyl (C=O) groups excluding carboxylic acids is 1. The van der Waals surface area contributed by atoms with Gasteiger partial charge in [-0.05, 0) is 58.9 Å². The number of hydrogen-bond acceptors (Lipinski definition) is 7. The first kappa shape index (κ1) is 24.5. The van der Waals surface area contributed by atoms with Crippen molar-refractivity contribution in [1.82, 2.24) is 0 Å². The van der Waals surface area contributed by atoms with Crippen LogP contribution in [0.15, 0.2) is 18.2 Å². The van der Waals surface area contributed by atoms with Gasteiger partial charge in [0.05, 0.1) is 25.3 Å². The van der Waals surface area contributed by atoms with Crippen LogP contribution in [0.25, 0.3) is 12.2 Å². The number of benzene rings is 2. The molecule has 0 bridgehead atoms. The number of Topliss-reactive ketones (excluding diaryl/α,β-unsaturated/α-hetero) is 1. The van der Waals surface area contributed by atoms with E-state index in [0.717, 1.165) is 5.56 Å². The van der Waals surface area contributed by atoms with Crippen LogP contribution in [-0.2, 0) is 0 Å². The fourth-order valence-electron chi connectivity index (χ4n) is 4.70. The van der Waals surface area contributed by atoms with E-state index in [1.807, 2.05) is 46.8 Å². The molecule has 2 N–H and O–H groups in total. The van der Waals surface area contributed by atoms with Crippen molar-refractivity contribution in [3.05, 3.63) is 46.0 Å². The van der Waals surface area contributed by atoms with E-state index in [2.05, 4.69) is 0 Å². The lowest BCUT2D eigenvalue weighted by molar-refractivity contribution is 0.0996. The van der Waals surface area contributed by atoms with Crippen LogP contribution in [-0.4, -0.2) is 41.4 Å². The zero-order valence-corrected chi connectivity index (χ0v) is 21.4. The normalized spacial score (nSPS) is 17.5. The number of ether oxygens (including phenoxy) is 4. The van der Waals surface area contributed by atoms with Crippen molar-refractivity contribution in [2.75, 3.05) is 14.2 Å². The summed E-state index contributed by atoms with van der Waals surface area (Å²) in [6.45, 7) is 10.7. The number of hydrogen-bond donors (Lipinski definition) is 2. The van der Waals surface area contributed by atoms with Crippen molar-refractivity contribution in [2.45, 2.75) is 58.7 Å². The SMILES string of the molecule is COc1cc(OC)c([C@H](C)c2c(O)c3c(c(C(C)=O)c2O)OC(C)(C)C=C3)c2c1C=CC(C)(C)O2. The Labute approximate surface area is 205 Å². The zero-order chi connectivity index (χ0) is 25.9. The quantitative estimate of drug-likeness (QED) is 0.519. The molecule has 2 aromatic carbocycles. The largest absolute Gasteiger partial charge is 0.507 e. The number of rotatable bonds is 5. The first-order valence-corrected chi connectivity index (χ1v) is 11.5. The van der Waals surface area contributed by atoms with Gasteiger partial charge in [-0.25, -0.2) is 0 Å². The number of phenolic OH excluding ortho intramolecular Hbond substituents is 2. The van der Waals surface area contributed by atoms with Crippen LogP contribution >= 0.6 is 0 Å². The molecule has 7 heteroatoms. The molecule has 35 heavy (non-hydrogen) atoms. The summed E-state index contributed by atoms with van der Waals surface area (Å²) in [5, 5.41) is 22.7. The van der Waals surface area contributed by atoms with Crippen LogP contribution in [0.5, 0.6) is 34.5 Å². The third kappa shape index (κ3) is 3.99. The lowest BCUT2D eigenvalue weighted by Gasteiger charge is -2.34. The van der Waals surface area contributed by atoms with E-state index < -0.39 is 17.1 Å². The van der Waals surface area contributed by atoms with Crippen LogP contribution < -0.4 is 18.9 Å². The monoisotopic (exact) mass is 480 g/mol.